The summed E-state index contributed by atoms with van der Waals surface area (Å²) in [5.41, 5.74) is 0.0802. The Morgan fingerprint density at radius 1 is 1.16 bits per heavy atom. The van der Waals surface area contributed by atoms with Crippen LogP contribution in [0.25, 0.3) is 10.8 Å². The number of nitrogens with zero attached hydrogens (tertiary/aromatic N) is 1. The average molecular weight is 259 g/mol. The summed E-state index contributed by atoms with van der Waals surface area (Å²) >= 11 is 0. The highest BCUT2D eigenvalue weighted by molar-refractivity contribution is 5.95. The van der Waals surface area contributed by atoms with E-state index < -0.39 is 0 Å². The van der Waals surface area contributed by atoms with Crippen molar-refractivity contribution >= 4 is 16.5 Å². The maximum absolute atomic E-state index is 11.0. The highest BCUT2D eigenvalue weighted by Gasteiger charge is 2.29. The highest BCUT2D eigenvalue weighted by atomic mass is 16.6. The number of fused-ring (bicyclic) bond motifs is 1. The Morgan fingerprint density at radius 2 is 1.84 bits per heavy atom. The van der Waals surface area contributed by atoms with Gasteiger partial charge in [-0.25, -0.2) is 0 Å². The molecule has 5 heteroatoms. The number of nitro benzene ring substituents is 1. The third-order valence-corrected chi connectivity index (χ3v) is 3.42. The molecule has 5 nitrogen and oxygen atoms in total. The van der Waals surface area contributed by atoms with Crippen molar-refractivity contribution in [3.05, 3.63) is 46.5 Å². The predicted molar refractivity (Wildman–Crippen MR) is 70.3 cm³/mol. The molecule has 1 aliphatic carbocycles. The fourth-order valence-corrected chi connectivity index (χ4v) is 2.33. The number of nitro groups is 1. The summed E-state index contributed by atoms with van der Waals surface area (Å²) in [5, 5.41) is 21.6. The number of benzene rings is 2. The molecule has 0 bridgehead atoms. The number of hydrogen-bond donors (Lipinski definition) is 1. The van der Waals surface area contributed by atoms with Gasteiger partial charge >= 0.3 is 0 Å². The molecule has 0 radical (unpaired) electrons. The summed E-state index contributed by atoms with van der Waals surface area (Å²) in [4.78, 5) is 10.6. The fraction of sp³-hybridized carbons (Fsp3) is 0.286. The lowest BCUT2D eigenvalue weighted by atomic mass is 9.92. The molecule has 98 valence electrons. The van der Waals surface area contributed by atoms with E-state index in [-0.39, 0.29) is 22.8 Å². The molecule has 19 heavy (non-hydrogen) atoms. The first kappa shape index (κ1) is 11.9. The predicted octanol–water partition coefficient (Wildman–Crippen LogP) is 2.65. The van der Waals surface area contributed by atoms with Gasteiger partial charge in [-0.3, -0.25) is 10.1 Å². The molecule has 0 heterocycles. The third-order valence-electron chi connectivity index (χ3n) is 3.42. The number of aliphatic hydroxyl groups excluding tert-OH is 1. The topological polar surface area (TPSA) is 72.6 Å². The molecule has 0 unspecified atom stereocenters. The first-order valence-electron chi connectivity index (χ1n) is 6.16. The molecule has 1 fully saturated rings. The molecule has 0 atom stereocenters. The molecule has 2 aromatic carbocycles. The normalized spacial score (nSPS) is 21.9. The molecule has 1 N–H and O–H groups in total. The van der Waals surface area contributed by atoms with Gasteiger partial charge in [0.2, 0.25) is 0 Å². The lowest BCUT2D eigenvalue weighted by Gasteiger charge is -2.31. The Labute approximate surface area is 109 Å². The molecule has 1 aliphatic rings. The van der Waals surface area contributed by atoms with Gasteiger partial charge in [-0.15, -0.1) is 0 Å². The molecule has 1 saturated carbocycles. The van der Waals surface area contributed by atoms with Crippen LogP contribution >= 0.6 is 0 Å². The molecule has 0 spiro atoms. The van der Waals surface area contributed by atoms with Crippen LogP contribution in [0, 0.1) is 10.1 Å². The van der Waals surface area contributed by atoms with Gasteiger partial charge in [-0.05, 0) is 12.1 Å². The average Bonchev–Trinajstić information content (AvgIpc) is 2.36. The standard InChI is InChI=1S/C14H13NO4/c16-9-7-10(8-9)19-14-6-5-13(15(17)18)11-3-1-2-4-12(11)14/h1-6,9-10,16H,7-8H2. The Bertz CT molecular complexity index is 634. The molecular weight excluding hydrogens is 246 g/mol. The third kappa shape index (κ3) is 2.13. The number of aliphatic hydroxyl groups is 1. The Hall–Kier alpha value is -2.14. The van der Waals surface area contributed by atoms with E-state index in [2.05, 4.69) is 0 Å². The van der Waals surface area contributed by atoms with Crippen LogP contribution < -0.4 is 4.74 Å². The molecular formula is C14H13NO4. The second kappa shape index (κ2) is 4.51. The van der Waals surface area contributed by atoms with Gasteiger partial charge in [0.05, 0.1) is 16.4 Å². The zero-order chi connectivity index (χ0) is 13.4. The van der Waals surface area contributed by atoms with Gasteiger partial charge in [0, 0.05) is 24.3 Å². The van der Waals surface area contributed by atoms with Crippen LogP contribution in [0.4, 0.5) is 5.69 Å². The minimum absolute atomic E-state index is 0.000128. The Balaban J connectivity index is 2.01. The van der Waals surface area contributed by atoms with E-state index >= 15 is 0 Å². The highest BCUT2D eigenvalue weighted by Crippen LogP contribution is 2.35. The summed E-state index contributed by atoms with van der Waals surface area (Å²) in [6, 6.07) is 10.2. The van der Waals surface area contributed by atoms with Gasteiger partial charge in [0.15, 0.2) is 0 Å². The van der Waals surface area contributed by atoms with E-state index in [0.717, 1.165) is 5.39 Å². The summed E-state index contributed by atoms with van der Waals surface area (Å²) in [7, 11) is 0. The van der Waals surface area contributed by atoms with Crippen LogP contribution in [-0.2, 0) is 0 Å². The van der Waals surface area contributed by atoms with Crippen LogP contribution in [0.3, 0.4) is 0 Å². The van der Waals surface area contributed by atoms with Crippen molar-refractivity contribution in [1.29, 1.82) is 0 Å². The van der Waals surface area contributed by atoms with Gasteiger partial charge in [0.25, 0.3) is 5.69 Å². The molecule has 3 rings (SSSR count). The largest absolute Gasteiger partial charge is 0.490 e. The maximum Gasteiger partial charge on any atom is 0.277 e. The van der Waals surface area contributed by atoms with Gasteiger partial charge < -0.3 is 9.84 Å². The number of hydrogen-bond acceptors (Lipinski definition) is 4. The van der Waals surface area contributed by atoms with E-state index in [4.69, 9.17) is 4.74 Å². The van der Waals surface area contributed by atoms with Crippen molar-refractivity contribution in [3.63, 3.8) is 0 Å². The number of rotatable bonds is 3. The van der Waals surface area contributed by atoms with Crippen LogP contribution in [0.5, 0.6) is 5.75 Å². The van der Waals surface area contributed by atoms with Crippen molar-refractivity contribution in [2.45, 2.75) is 25.0 Å². The van der Waals surface area contributed by atoms with Crippen LogP contribution in [0.2, 0.25) is 0 Å². The summed E-state index contributed by atoms with van der Waals surface area (Å²) < 4.78 is 5.79. The van der Waals surface area contributed by atoms with Crippen LogP contribution in [0.15, 0.2) is 36.4 Å². The monoisotopic (exact) mass is 259 g/mol. The lowest BCUT2D eigenvalue weighted by Crippen LogP contribution is -2.37. The quantitative estimate of drug-likeness (QED) is 0.679. The van der Waals surface area contributed by atoms with Crippen LogP contribution in [0.1, 0.15) is 12.8 Å². The summed E-state index contributed by atoms with van der Waals surface area (Å²) in [6.45, 7) is 0. The van der Waals surface area contributed by atoms with Crippen LogP contribution in [-0.4, -0.2) is 22.2 Å². The maximum atomic E-state index is 11.0. The van der Waals surface area contributed by atoms with Crippen molar-refractivity contribution in [3.8, 4) is 5.75 Å². The zero-order valence-corrected chi connectivity index (χ0v) is 10.2. The summed E-state index contributed by atoms with van der Waals surface area (Å²) in [6.07, 6.45) is 0.950. The SMILES string of the molecule is O=[N+]([O-])c1ccc(OC2CC(O)C2)c2ccccc12. The number of ether oxygens (including phenoxy) is 1. The minimum Gasteiger partial charge on any atom is -0.490 e. The lowest BCUT2D eigenvalue weighted by molar-refractivity contribution is -0.383. The van der Waals surface area contributed by atoms with Gasteiger partial charge in [-0.2, -0.15) is 0 Å². The zero-order valence-electron chi connectivity index (χ0n) is 10.2. The molecule has 0 aromatic heterocycles. The first-order chi connectivity index (χ1) is 9.15. The van der Waals surface area contributed by atoms with E-state index in [1.165, 1.54) is 6.07 Å². The summed E-state index contributed by atoms with van der Waals surface area (Å²) in [5.74, 6) is 0.637. The molecule has 0 saturated heterocycles. The van der Waals surface area contributed by atoms with E-state index in [1.54, 1.807) is 18.2 Å². The first-order valence-corrected chi connectivity index (χ1v) is 6.16. The van der Waals surface area contributed by atoms with E-state index in [1.807, 2.05) is 12.1 Å². The number of non-ortho nitro benzene ring substituents is 1. The molecule has 0 amide bonds. The smallest absolute Gasteiger partial charge is 0.277 e. The van der Waals surface area contributed by atoms with Crippen molar-refractivity contribution in [1.82, 2.24) is 0 Å². The second-order valence-electron chi connectivity index (χ2n) is 4.75. The van der Waals surface area contributed by atoms with E-state index in [0.29, 0.717) is 24.0 Å². The van der Waals surface area contributed by atoms with E-state index in [9.17, 15) is 15.2 Å². The van der Waals surface area contributed by atoms with Crippen molar-refractivity contribution < 1.29 is 14.8 Å². The Morgan fingerprint density at radius 3 is 2.47 bits per heavy atom. The van der Waals surface area contributed by atoms with Gasteiger partial charge in [0.1, 0.15) is 11.9 Å². The van der Waals surface area contributed by atoms with Crippen molar-refractivity contribution in [2.75, 3.05) is 0 Å². The fourth-order valence-electron chi connectivity index (χ4n) is 2.33. The molecule has 0 aliphatic heterocycles. The second-order valence-corrected chi connectivity index (χ2v) is 4.75. The van der Waals surface area contributed by atoms with Crippen molar-refractivity contribution in [2.24, 2.45) is 0 Å². The Kier molecular flexibility index (Phi) is 2.83. The minimum atomic E-state index is -0.390. The molecule has 2 aromatic rings. The van der Waals surface area contributed by atoms with Gasteiger partial charge in [-0.1, -0.05) is 18.2 Å².